The first-order valence-electron chi connectivity index (χ1n) is 13.7. The minimum absolute atomic E-state index is 0.203. The zero-order valence-electron chi connectivity index (χ0n) is 22.0. The number of nitrogen functional groups attached to an aromatic ring is 1. The number of pyridine rings is 1. The van der Waals surface area contributed by atoms with E-state index in [9.17, 15) is 4.21 Å². The van der Waals surface area contributed by atoms with E-state index in [-0.39, 0.29) is 5.54 Å². The van der Waals surface area contributed by atoms with E-state index in [2.05, 4.69) is 35.0 Å². The van der Waals surface area contributed by atoms with Crippen LogP contribution in [0.1, 0.15) is 54.9 Å². The molecule has 6 nitrogen and oxygen atoms in total. The number of anilines is 1. The maximum absolute atomic E-state index is 12.5. The Morgan fingerprint density at radius 3 is 2.45 bits per heavy atom. The zero-order valence-corrected chi connectivity index (χ0v) is 22.9. The maximum Gasteiger partial charge on any atom is 0.132 e. The van der Waals surface area contributed by atoms with Gasteiger partial charge in [-0.2, -0.15) is 0 Å². The Bertz CT molecular complexity index is 1380. The Morgan fingerprint density at radius 1 is 1.03 bits per heavy atom. The molecule has 2 unspecified atom stereocenters. The quantitative estimate of drug-likeness (QED) is 0.348. The predicted molar refractivity (Wildman–Crippen MR) is 153 cm³/mol. The lowest BCUT2D eigenvalue weighted by molar-refractivity contribution is -0.0215. The molecule has 38 heavy (non-hydrogen) atoms. The first-order valence-corrected chi connectivity index (χ1v) is 14.9. The molecule has 2 fully saturated rings. The van der Waals surface area contributed by atoms with Gasteiger partial charge in [-0.3, -0.25) is 14.5 Å². The van der Waals surface area contributed by atoms with Crippen molar-refractivity contribution in [2.45, 2.75) is 61.1 Å². The van der Waals surface area contributed by atoms with Crippen LogP contribution < -0.4 is 5.73 Å². The third kappa shape index (κ3) is 5.07. The molecule has 0 bridgehead atoms. The molecule has 0 amide bonds. The number of nitrogens with zero attached hydrogens (tertiary/aromatic N) is 2. The largest absolute Gasteiger partial charge is 0.383 e. The van der Waals surface area contributed by atoms with Crippen LogP contribution in [0.15, 0.2) is 59.6 Å². The Labute approximate surface area is 227 Å². The lowest BCUT2D eigenvalue weighted by atomic mass is 9.89. The van der Waals surface area contributed by atoms with Crippen molar-refractivity contribution in [2.24, 2.45) is 0 Å². The molecule has 1 aromatic heterocycles. The first-order chi connectivity index (χ1) is 18.4. The first kappa shape index (κ1) is 25.4. The van der Waals surface area contributed by atoms with Crippen LogP contribution in [-0.4, -0.2) is 56.9 Å². The van der Waals surface area contributed by atoms with Crippen LogP contribution in [0.25, 0.3) is 11.1 Å². The summed E-state index contributed by atoms with van der Waals surface area (Å²) in [5.41, 5.74) is 13.1. The number of nitrogens with one attached hydrogen (secondary N) is 1. The highest BCUT2D eigenvalue weighted by Crippen LogP contribution is 2.35. The Balaban J connectivity index is 1.22. The van der Waals surface area contributed by atoms with Crippen molar-refractivity contribution < 1.29 is 8.95 Å². The summed E-state index contributed by atoms with van der Waals surface area (Å²) in [7, 11) is -0.948. The van der Waals surface area contributed by atoms with E-state index in [1.54, 1.807) is 0 Å². The SMILES string of the molecule is CC1(N2CCOCC2)CCc2ccc(-c3cnc(N)c(C(=N)c4ccc(S(=O)C5CC5)cc4)c3)cc2CC1. The molecular formula is C31H36N4O2S. The van der Waals surface area contributed by atoms with Crippen molar-refractivity contribution in [3.63, 3.8) is 0 Å². The third-order valence-corrected chi connectivity index (χ3v) is 10.4. The Kier molecular flexibility index (Phi) is 6.93. The molecule has 2 heterocycles. The van der Waals surface area contributed by atoms with Gasteiger partial charge in [0.25, 0.3) is 0 Å². The topological polar surface area (TPSA) is 92.3 Å². The van der Waals surface area contributed by atoms with Crippen LogP contribution in [0.5, 0.6) is 0 Å². The van der Waals surface area contributed by atoms with Crippen LogP contribution in [-0.2, 0) is 28.4 Å². The molecule has 0 radical (unpaired) electrons. The number of benzene rings is 2. The summed E-state index contributed by atoms with van der Waals surface area (Å²) in [6.07, 6.45) is 8.32. The van der Waals surface area contributed by atoms with Gasteiger partial charge < -0.3 is 10.5 Å². The van der Waals surface area contributed by atoms with E-state index < -0.39 is 10.8 Å². The van der Waals surface area contributed by atoms with Gasteiger partial charge in [0.05, 0.1) is 29.7 Å². The average Bonchev–Trinajstić information content (AvgIpc) is 3.82. The molecule has 2 atom stereocenters. The fourth-order valence-corrected chi connectivity index (χ4v) is 7.21. The van der Waals surface area contributed by atoms with Gasteiger partial charge in [0.15, 0.2) is 0 Å². The van der Waals surface area contributed by atoms with Crippen LogP contribution in [0.2, 0.25) is 0 Å². The molecule has 1 saturated heterocycles. The lowest BCUT2D eigenvalue weighted by Gasteiger charge is -2.43. The zero-order chi connectivity index (χ0) is 26.3. The van der Waals surface area contributed by atoms with Gasteiger partial charge in [0.1, 0.15) is 5.82 Å². The standard InChI is InChI=1S/C31H36N4O2S/c1-31(35-14-16-37-17-15-35)12-10-21-2-3-23(18-24(21)11-13-31)25-19-28(30(33)34-20-25)29(32)22-4-6-26(7-5-22)38(36)27-8-9-27/h2-7,18-20,27,32H,8-17H2,1H3,(H2,33,34). The molecule has 2 aliphatic carbocycles. The fourth-order valence-electron chi connectivity index (χ4n) is 5.85. The summed E-state index contributed by atoms with van der Waals surface area (Å²) in [5.74, 6) is 0.348. The Morgan fingerprint density at radius 2 is 1.74 bits per heavy atom. The summed E-state index contributed by atoms with van der Waals surface area (Å²) in [4.78, 5) is 7.92. The number of rotatable bonds is 6. The molecule has 0 spiro atoms. The molecule has 1 aliphatic heterocycles. The summed E-state index contributed by atoms with van der Waals surface area (Å²) >= 11 is 0. The monoisotopic (exact) mass is 528 g/mol. The second-order valence-electron chi connectivity index (χ2n) is 11.1. The van der Waals surface area contributed by atoms with E-state index in [1.165, 1.54) is 11.1 Å². The predicted octanol–water partition coefficient (Wildman–Crippen LogP) is 4.99. The maximum atomic E-state index is 12.5. The summed E-state index contributed by atoms with van der Waals surface area (Å²) in [5, 5.41) is 9.15. The van der Waals surface area contributed by atoms with E-state index in [1.807, 2.05) is 36.5 Å². The number of aryl methyl sites for hydroxylation is 2. The van der Waals surface area contributed by atoms with Gasteiger partial charge in [-0.25, -0.2) is 4.98 Å². The van der Waals surface area contributed by atoms with Crippen molar-refractivity contribution in [3.05, 3.63) is 77.0 Å². The number of ether oxygens (including phenoxy) is 1. The van der Waals surface area contributed by atoms with E-state index >= 15 is 0 Å². The van der Waals surface area contributed by atoms with E-state index in [0.717, 1.165) is 86.4 Å². The summed E-state index contributed by atoms with van der Waals surface area (Å²) < 4.78 is 18.1. The molecule has 1 saturated carbocycles. The van der Waals surface area contributed by atoms with Gasteiger partial charge in [0.2, 0.25) is 0 Å². The Hall–Kier alpha value is -2.87. The number of morpholine rings is 1. The molecule has 6 rings (SSSR count). The van der Waals surface area contributed by atoms with Gasteiger partial charge in [-0.05, 0) is 80.3 Å². The van der Waals surface area contributed by atoms with Crippen molar-refractivity contribution in [2.75, 3.05) is 32.0 Å². The lowest BCUT2D eigenvalue weighted by Crippen LogP contribution is -2.51. The molecule has 2 aromatic carbocycles. The second kappa shape index (κ2) is 10.4. The highest BCUT2D eigenvalue weighted by atomic mass is 32.2. The van der Waals surface area contributed by atoms with Crippen molar-refractivity contribution in [3.8, 4) is 11.1 Å². The van der Waals surface area contributed by atoms with Crippen LogP contribution in [0.4, 0.5) is 5.82 Å². The van der Waals surface area contributed by atoms with Crippen LogP contribution in [0.3, 0.4) is 0 Å². The molecule has 3 aliphatic rings. The smallest absolute Gasteiger partial charge is 0.132 e. The highest BCUT2D eigenvalue weighted by molar-refractivity contribution is 7.86. The number of aromatic nitrogens is 1. The summed E-state index contributed by atoms with van der Waals surface area (Å²) in [6, 6.07) is 16.2. The van der Waals surface area contributed by atoms with Gasteiger partial charge >= 0.3 is 0 Å². The summed E-state index contributed by atoms with van der Waals surface area (Å²) in [6.45, 7) is 6.12. The fraction of sp³-hybridized carbons (Fsp3) is 0.419. The molecule has 3 aromatic rings. The van der Waals surface area contributed by atoms with Crippen molar-refractivity contribution >= 4 is 22.3 Å². The van der Waals surface area contributed by atoms with Gasteiger partial charge in [-0.15, -0.1) is 0 Å². The van der Waals surface area contributed by atoms with Gasteiger partial charge in [-0.1, -0.05) is 30.3 Å². The number of hydrogen-bond donors (Lipinski definition) is 2. The van der Waals surface area contributed by atoms with Crippen LogP contribution in [0, 0.1) is 5.41 Å². The number of nitrogens with two attached hydrogens (primary N) is 1. The molecule has 7 heteroatoms. The van der Waals surface area contributed by atoms with Gasteiger partial charge in [0, 0.05) is 51.7 Å². The third-order valence-electron chi connectivity index (χ3n) is 8.57. The second-order valence-corrected chi connectivity index (χ2v) is 12.9. The van der Waals surface area contributed by atoms with E-state index in [4.69, 9.17) is 15.9 Å². The minimum atomic E-state index is -0.948. The molecule has 198 valence electrons. The van der Waals surface area contributed by atoms with E-state index in [0.29, 0.717) is 22.3 Å². The van der Waals surface area contributed by atoms with Crippen molar-refractivity contribution in [1.82, 2.24) is 9.88 Å². The minimum Gasteiger partial charge on any atom is -0.383 e. The highest BCUT2D eigenvalue weighted by Gasteiger charge is 2.34. The van der Waals surface area contributed by atoms with Crippen LogP contribution >= 0.6 is 0 Å². The average molecular weight is 529 g/mol. The normalized spacial score (nSPS) is 22.9. The molecular weight excluding hydrogens is 492 g/mol. The number of fused-ring (bicyclic) bond motifs is 1. The molecule has 3 N–H and O–H groups in total. The number of hydrogen-bond acceptors (Lipinski definition) is 6. The van der Waals surface area contributed by atoms with Crippen molar-refractivity contribution in [1.29, 1.82) is 5.41 Å².